The number of nitrogens with one attached hydrogen (secondary N) is 2. The largest absolute Gasteiger partial charge is 0.456 e. The van der Waals surface area contributed by atoms with Crippen LogP contribution in [-0.4, -0.2) is 21.5 Å². The number of hydrogen-bond donors (Lipinski definition) is 2. The molecule has 3 rings (SSSR count). The van der Waals surface area contributed by atoms with Gasteiger partial charge in [0.05, 0.1) is 28.1 Å². The molecule has 9 heteroatoms. The Hall–Kier alpha value is -3.36. The van der Waals surface area contributed by atoms with Crippen LogP contribution in [0.15, 0.2) is 41.2 Å². The first-order valence-electron chi connectivity index (χ1n) is 11.4. The number of carbonyl (C=O) groups excluding carboxylic acids is 1. The van der Waals surface area contributed by atoms with Gasteiger partial charge in [0.2, 0.25) is 0 Å². The Bertz CT molecular complexity index is 1270. The van der Waals surface area contributed by atoms with Crippen molar-refractivity contribution in [2.45, 2.75) is 71.7 Å². The summed E-state index contributed by atoms with van der Waals surface area (Å²) in [6.45, 7) is 10.6. The second kappa shape index (κ2) is 9.71. The van der Waals surface area contributed by atoms with Crippen LogP contribution in [0.2, 0.25) is 0 Å². The fourth-order valence-electron chi connectivity index (χ4n) is 3.67. The molecule has 0 aliphatic rings. The van der Waals surface area contributed by atoms with Gasteiger partial charge in [-0.25, -0.2) is 9.78 Å². The van der Waals surface area contributed by atoms with Crippen molar-refractivity contribution in [1.29, 1.82) is 0 Å². The summed E-state index contributed by atoms with van der Waals surface area (Å²) in [4.78, 5) is 31.8. The van der Waals surface area contributed by atoms with E-state index < -0.39 is 34.9 Å². The van der Waals surface area contributed by atoms with Crippen LogP contribution < -0.4 is 10.9 Å². The second-order valence-corrected chi connectivity index (χ2v) is 9.74. The van der Waals surface area contributed by atoms with E-state index in [1.807, 2.05) is 0 Å². The van der Waals surface area contributed by atoms with Crippen molar-refractivity contribution in [3.8, 4) is 0 Å². The Morgan fingerprint density at radius 1 is 1.11 bits per heavy atom. The first kappa shape index (κ1) is 26.2. The molecule has 0 aliphatic carbocycles. The smallest absolute Gasteiger partial charge is 0.416 e. The van der Waals surface area contributed by atoms with Crippen molar-refractivity contribution in [3.63, 3.8) is 0 Å². The number of ether oxygens (including phenoxy) is 1. The van der Waals surface area contributed by atoms with Crippen molar-refractivity contribution < 1.29 is 22.7 Å². The molecule has 188 valence electrons. The summed E-state index contributed by atoms with van der Waals surface area (Å²) in [7, 11) is 0. The molecular formula is C26H30F3N3O3. The molecule has 1 heterocycles. The summed E-state index contributed by atoms with van der Waals surface area (Å²) >= 11 is 0. The van der Waals surface area contributed by atoms with E-state index >= 15 is 0 Å². The number of fused-ring (bicyclic) bond motifs is 1. The number of benzene rings is 2. The van der Waals surface area contributed by atoms with Crippen LogP contribution in [0.4, 0.5) is 18.9 Å². The zero-order valence-corrected chi connectivity index (χ0v) is 20.6. The molecular weight excluding hydrogens is 459 g/mol. The standard InChI is InChI=1S/C26H30F3N3O3/c1-7-20(30-16-10-8-15(9-11-16)24(34)35-25(4,5)6)17-12-18-21(13-19(17)26(27,28)29)31-22(14(2)3)32-23(18)33/h8-14,20,30H,7H2,1-6H3,(H,31,32,33)/t20-/m0/s1. The molecule has 0 radical (unpaired) electrons. The number of nitrogens with zero attached hydrogens (tertiary/aromatic N) is 1. The lowest BCUT2D eigenvalue weighted by Crippen LogP contribution is -2.23. The third-order valence-corrected chi connectivity index (χ3v) is 5.39. The van der Waals surface area contributed by atoms with Crippen molar-refractivity contribution in [2.75, 3.05) is 5.32 Å². The molecule has 0 aliphatic heterocycles. The van der Waals surface area contributed by atoms with E-state index in [2.05, 4.69) is 15.3 Å². The number of H-pyrrole nitrogens is 1. The van der Waals surface area contributed by atoms with Crippen molar-refractivity contribution in [1.82, 2.24) is 9.97 Å². The first-order chi connectivity index (χ1) is 16.2. The highest BCUT2D eigenvalue weighted by molar-refractivity contribution is 5.90. The molecule has 0 spiro atoms. The fraction of sp³-hybridized carbons (Fsp3) is 0.423. The molecule has 2 N–H and O–H groups in total. The van der Waals surface area contributed by atoms with Crippen LogP contribution in [0.3, 0.4) is 0 Å². The molecule has 1 atom stereocenters. The SMILES string of the molecule is CC[C@H](Nc1ccc(C(=O)OC(C)(C)C)cc1)c1cc2c(=O)[nH]c(C(C)C)nc2cc1C(F)(F)F. The Labute approximate surface area is 201 Å². The number of halogens is 3. The lowest BCUT2D eigenvalue weighted by molar-refractivity contribution is -0.138. The monoisotopic (exact) mass is 489 g/mol. The molecule has 3 aromatic rings. The summed E-state index contributed by atoms with van der Waals surface area (Å²) in [5, 5.41) is 3.20. The molecule has 0 saturated carbocycles. The summed E-state index contributed by atoms with van der Waals surface area (Å²) in [5.41, 5.74) is -1.15. The van der Waals surface area contributed by atoms with Gasteiger partial charge >= 0.3 is 12.1 Å². The molecule has 2 aromatic carbocycles. The van der Waals surface area contributed by atoms with Gasteiger partial charge in [-0.05, 0) is 69.2 Å². The Morgan fingerprint density at radius 2 is 1.74 bits per heavy atom. The van der Waals surface area contributed by atoms with E-state index in [9.17, 15) is 22.8 Å². The number of carbonyl (C=O) groups is 1. The van der Waals surface area contributed by atoms with Crippen LogP contribution in [-0.2, 0) is 10.9 Å². The topological polar surface area (TPSA) is 84.1 Å². The van der Waals surface area contributed by atoms with Gasteiger partial charge in [-0.3, -0.25) is 4.79 Å². The zero-order valence-electron chi connectivity index (χ0n) is 20.6. The average Bonchev–Trinajstić information content (AvgIpc) is 2.75. The third-order valence-electron chi connectivity index (χ3n) is 5.39. The fourth-order valence-corrected chi connectivity index (χ4v) is 3.67. The Kier molecular flexibility index (Phi) is 7.29. The van der Waals surface area contributed by atoms with Crippen LogP contribution >= 0.6 is 0 Å². The lowest BCUT2D eigenvalue weighted by Gasteiger charge is -2.24. The van der Waals surface area contributed by atoms with Crippen LogP contribution in [0.25, 0.3) is 10.9 Å². The number of anilines is 1. The summed E-state index contributed by atoms with van der Waals surface area (Å²) in [6, 6.07) is 7.80. The maximum absolute atomic E-state index is 14.1. The van der Waals surface area contributed by atoms with Gasteiger partial charge < -0.3 is 15.0 Å². The normalized spacial score (nSPS) is 13.2. The van der Waals surface area contributed by atoms with Crippen LogP contribution in [0.1, 0.15) is 87.2 Å². The predicted octanol–water partition coefficient (Wildman–Crippen LogP) is 6.58. The van der Waals surface area contributed by atoms with Gasteiger partial charge in [0.1, 0.15) is 11.4 Å². The molecule has 0 saturated heterocycles. The molecule has 0 unspecified atom stereocenters. The highest BCUT2D eigenvalue weighted by atomic mass is 19.4. The number of aromatic amines is 1. The van der Waals surface area contributed by atoms with Crippen LogP contribution in [0, 0.1) is 0 Å². The quantitative estimate of drug-likeness (QED) is 0.382. The maximum atomic E-state index is 14.1. The number of aromatic nitrogens is 2. The highest BCUT2D eigenvalue weighted by Gasteiger charge is 2.36. The molecule has 0 amide bonds. The maximum Gasteiger partial charge on any atom is 0.416 e. The van der Waals surface area contributed by atoms with E-state index in [4.69, 9.17) is 4.74 Å². The number of esters is 1. The van der Waals surface area contributed by atoms with Gasteiger partial charge in [-0.15, -0.1) is 0 Å². The van der Waals surface area contributed by atoms with Gasteiger partial charge in [0.25, 0.3) is 5.56 Å². The van der Waals surface area contributed by atoms with Gasteiger partial charge in [-0.2, -0.15) is 13.2 Å². The summed E-state index contributed by atoms with van der Waals surface area (Å²) in [5.74, 6) is -0.300. The van der Waals surface area contributed by atoms with Gasteiger partial charge in [-0.1, -0.05) is 20.8 Å². The van der Waals surface area contributed by atoms with Crippen molar-refractivity contribution in [3.05, 3.63) is 69.3 Å². The lowest BCUT2D eigenvalue weighted by atomic mass is 9.95. The number of alkyl halides is 3. The summed E-state index contributed by atoms with van der Waals surface area (Å²) < 4.78 is 47.5. The molecule has 0 bridgehead atoms. The van der Waals surface area contributed by atoms with Gasteiger partial charge in [0, 0.05) is 11.6 Å². The van der Waals surface area contributed by atoms with Crippen LogP contribution in [0.5, 0.6) is 0 Å². The number of hydrogen-bond acceptors (Lipinski definition) is 5. The minimum Gasteiger partial charge on any atom is -0.456 e. The molecule has 0 fully saturated rings. The number of rotatable bonds is 6. The van der Waals surface area contributed by atoms with E-state index in [0.717, 1.165) is 6.07 Å². The Morgan fingerprint density at radius 3 is 2.26 bits per heavy atom. The van der Waals surface area contributed by atoms with Crippen molar-refractivity contribution >= 4 is 22.6 Å². The minimum absolute atomic E-state index is 0.00471. The average molecular weight is 490 g/mol. The van der Waals surface area contributed by atoms with E-state index in [1.54, 1.807) is 65.8 Å². The van der Waals surface area contributed by atoms with E-state index in [0.29, 0.717) is 23.5 Å². The first-order valence-corrected chi connectivity index (χ1v) is 11.4. The van der Waals surface area contributed by atoms with Crippen molar-refractivity contribution in [2.24, 2.45) is 0 Å². The molecule has 1 aromatic heterocycles. The zero-order chi connectivity index (χ0) is 26.1. The summed E-state index contributed by atoms with van der Waals surface area (Å²) in [6.07, 6.45) is -4.32. The second-order valence-electron chi connectivity index (χ2n) is 9.74. The predicted molar refractivity (Wildman–Crippen MR) is 130 cm³/mol. The Balaban J connectivity index is 2.01. The van der Waals surface area contributed by atoms with Gasteiger partial charge in [0.15, 0.2) is 0 Å². The highest BCUT2D eigenvalue weighted by Crippen LogP contribution is 2.38. The molecule has 35 heavy (non-hydrogen) atoms. The third kappa shape index (κ3) is 6.21. The molecule has 6 nitrogen and oxygen atoms in total. The van der Waals surface area contributed by atoms with E-state index in [1.165, 1.54) is 6.07 Å². The minimum atomic E-state index is -4.64. The van der Waals surface area contributed by atoms with E-state index in [-0.39, 0.29) is 22.4 Å².